The minimum absolute atomic E-state index is 0.00322. The summed E-state index contributed by atoms with van der Waals surface area (Å²) in [6, 6.07) is 29.1. The van der Waals surface area contributed by atoms with E-state index < -0.39 is 5.91 Å². The first-order chi connectivity index (χ1) is 17.1. The average molecular weight is 574 g/mol. The molecule has 4 rings (SSSR count). The number of benzene rings is 4. The molecule has 6 heteroatoms. The van der Waals surface area contributed by atoms with Crippen molar-refractivity contribution >= 4 is 51.0 Å². The van der Waals surface area contributed by atoms with Crippen molar-refractivity contribution in [1.29, 1.82) is 5.26 Å². The molecular formula is C29H23IN2O3. The van der Waals surface area contributed by atoms with Gasteiger partial charge in [-0.15, -0.1) is 0 Å². The van der Waals surface area contributed by atoms with E-state index in [9.17, 15) is 10.1 Å². The van der Waals surface area contributed by atoms with Crippen molar-refractivity contribution < 1.29 is 14.3 Å². The Bertz CT molecular complexity index is 1430. The lowest BCUT2D eigenvalue weighted by atomic mass is 10.1. The van der Waals surface area contributed by atoms with E-state index in [0.717, 1.165) is 19.9 Å². The fourth-order valence-corrected chi connectivity index (χ4v) is 4.17. The van der Waals surface area contributed by atoms with Gasteiger partial charge in [0.25, 0.3) is 5.91 Å². The highest BCUT2D eigenvalue weighted by Crippen LogP contribution is 2.31. The van der Waals surface area contributed by atoms with Crippen molar-refractivity contribution in [1.82, 2.24) is 0 Å². The third-order valence-electron chi connectivity index (χ3n) is 5.33. The summed E-state index contributed by atoms with van der Waals surface area (Å²) in [6.45, 7) is 2.74. The molecule has 0 bridgehead atoms. The van der Waals surface area contributed by atoms with E-state index in [1.165, 1.54) is 0 Å². The standard InChI is InChI=1S/C29H23IN2O3/c1-2-34-28-17-20(16-23(18-31)29(33)32-26-13-6-5-12-25(26)30)14-15-27(28)35-19-22-10-7-9-21-8-3-4-11-24(21)22/h3-17H,2,19H2,1H3,(H,32,33)/b23-16-. The lowest BCUT2D eigenvalue weighted by Gasteiger charge is -2.14. The van der Waals surface area contributed by atoms with Crippen molar-refractivity contribution in [3.63, 3.8) is 0 Å². The first-order valence-corrected chi connectivity index (χ1v) is 12.2. The average Bonchev–Trinajstić information content (AvgIpc) is 2.88. The maximum atomic E-state index is 12.7. The van der Waals surface area contributed by atoms with Gasteiger partial charge in [-0.25, -0.2) is 0 Å². The van der Waals surface area contributed by atoms with Gasteiger partial charge in [-0.3, -0.25) is 4.79 Å². The number of hydrogen-bond donors (Lipinski definition) is 1. The number of nitriles is 1. The van der Waals surface area contributed by atoms with Crippen molar-refractivity contribution in [2.24, 2.45) is 0 Å². The number of carbonyl (C=O) groups is 1. The molecule has 1 N–H and O–H groups in total. The van der Waals surface area contributed by atoms with E-state index in [2.05, 4.69) is 46.1 Å². The lowest BCUT2D eigenvalue weighted by molar-refractivity contribution is -0.112. The molecule has 35 heavy (non-hydrogen) atoms. The normalized spacial score (nSPS) is 11.1. The van der Waals surface area contributed by atoms with Crippen molar-refractivity contribution in [3.05, 3.63) is 105 Å². The van der Waals surface area contributed by atoms with E-state index >= 15 is 0 Å². The second kappa shape index (κ2) is 11.5. The van der Waals surface area contributed by atoms with Crippen molar-refractivity contribution in [2.45, 2.75) is 13.5 Å². The molecule has 1 amide bonds. The maximum absolute atomic E-state index is 12.7. The second-order valence-electron chi connectivity index (χ2n) is 7.67. The number of para-hydroxylation sites is 1. The molecule has 5 nitrogen and oxygen atoms in total. The quantitative estimate of drug-likeness (QED) is 0.140. The van der Waals surface area contributed by atoms with Gasteiger partial charge in [0.15, 0.2) is 11.5 Å². The van der Waals surface area contributed by atoms with E-state index in [4.69, 9.17) is 9.47 Å². The van der Waals surface area contributed by atoms with E-state index in [1.54, 1.807) is 30.3 Å². The Kier molecular flexibility index (Phi) is 8.01. The summed E-state index contributed by atoms with van der Waals surface area (Å²) in [5, 5.41) is 14.7. The molecule has 0 saturated heterocycles. The van der Waals surface area contributed by atoms with Gasteiger partial charge in [-0.1, -0.05) is 60.7 Å². The zero-order chi connectivity index (χ0) is 24.6. The van der Waals surface area contributed by atoms with Crippen LogP contribution in [0.4, 0.5) is 5.69 Å². The Morgan fingerprint density at radius 2 is 1.74 bits per heavy atom. The van der Waals surface area contributed by atoms with Crippen LogP contribution in [0.15, 0.2) is 90.5 Å². The smallest absolute Gasteiger partial charge is 0.266 e. The number of anilines is 1. The second-order valence-corrected chi connectivity index (χ2v) is 8.83. The van der Waals surface area contributed by atoms with Gasteiger partial charge in [0.1, 0.15) is 18.2 Å². The Morgan fingerprint density at radius 3 is 2.54 bits per heavy atom. The molecule has 0 aromatic heterocycles. The van der Waals surface area contributed by atoms with Gasteiger partial charge in [-0.2, -0.15) is 5.26 Å². The number of rotatable bonds is 8. The summed E-state index contributed by atoms with van der Waals surface area (Å²) in [5.41, 5.74) is 2.40. The fraction of sp³-hybridized carbons (Fsp3) is 0.103. The lowest BCUT2D eigenvalue weighted by Crippen LogP contribution is -2.14. The van der Waals surface area contributed by atoms with Crippen LogP contribution in [0.1, 0.15) is 18.1 Å². The Balaban J connectivity index is 1.55. The molecule has 0 heterocycles. The monoisotopic (exact) mass is 574 g/mol. The zero-order valence-electron chi connectivity index (χ0n) is 19.1. The molecule has 0 fully saturated rings. The third-order valence-corrected chi connectivity index (χ3v) is 6.27. The van der Waals surface area contributed by atoms with E-state index in [-0.39, 0.29) is 5.57 Å². The minimum Gasteiger partial charge on any atom is -0.490 e. The highest BCUT2D eigenvalue weighted by atomic mass is 127. The first-order valence-electron chi connectivity index (χ1n) is 11.1. The van der Waals surface area contributed by atoms with Crippen LogP contribution in [0.3, 0.4) is 0 Å². The van der Waals surface area contributed by atoms with E-state index in [0.29, 0.717) is 36.0 Å². The molecule has 0 aliphatic rings. The number of ether oxygens (including phenoxy) is 2. The number of nitrogens with zero attached hydrogens (tertiary/aromatic N) is 1. The molecule has 174 valence electrons. The van der Waals surface area contributed by atoms with Gasteiger partial charge in [-0.05, 0) is 81.8 Å². The molecule has 4 aromatic carbocycles. The Labute approximate surface area is 218 Å². The van der Waals surface area contributed by atoms with Crippen LogP contribution in [0.2, 0.25) is 0 Å². The molecule has 0 aliphatic carbocycles. The number of amides is 1. The summed E-state index contributed by atoms with van der Waals surface area (Å²) >= 11 is 2.14. The van der Waals surface area contributed by atoms with Crippen LogP contribution >= 0.6 is 22.6 Å². The summed E-state index contributed by atoms with van der Waals surface area (Å²) < 4.78 is 12.8. The van der Waals surface area contributed by atoms with Crippen LogP contribution in [0.5, 0.6) is 11.5 Å². The van der Waals surface area contributed by atoms with Gasteiger partial charge < -0.3 is 14.8 Å². The van der Waals surface area contributed by atoms with Crippen LogP contribution in [0, 0.1) is 14.9 Å². The van der Waals surface area contributed by atoms with Gasteiger partial charge in [0, 0.05) is 3.57 Å². The van der Waals surface area contributed by atoms with Gasteiger partial charge in [0.05, 0.1) is 12.3 Å². The van der Waals surface area contributed by atoms with Gasteiger partial charge in [0.2, 0.25) is 0 Å². The van der Waals surface area contributed by atoms with E-state index in [1.807, 2.05) is 55.5 Å². The number of hydrogen-bond acceptors (Lipinski definition) is 4. The summed E-state index contributed by atoms with van der Waals surface area (Å²) in [7, 11) is 0. The molecular weight excluding hydrogens is 551 g/mol. The number of carbonyl (C=O) groups excluding carboxylic acids is 1. The van der Waals surface area contributed by atoms with Crippen LogP contribution < -0.4 is 14.8 Å². The molecule has 0 saturated carbocycles. The predicted octanol–water partition coefficient (Wildman–Crippen LogP) is 6.97. The minimum atomic E-state index is -0.467. The summed E-state index contributed by atoms with van der Waals surface area (Å²) in [6.07, 6.45) is 1.54. The van der Waals surface area contributed by atoms with Gasteiger partial charge >= 0.3 is 0 Å². The molecule has 0 aliphatic heterocycles. The van der Waals surface area contributed by atoms with Crippen LogP contribution in [0.25, 0.3) is 16.8 Å². The number of fused-ring (bicyclic) bond motifs is 1. The molecule has 0 radical (unpaired) electrons. The fourth-order valence-electron chi connectivity index (χ4n) is 3.64. The summed E-state index contributed by atoms with van der Waals surface area (Å²) in [5.74, 6) is 0.682. The SMILES string of the molecule is CCOc1cc(/C=C(/C#N)C(=O)Nc2ccccc2I)ccc1OCc1cccc2ccccc12. The molecule has 0 atom stereocenters. The molecule has 0 unspecified atom stereocenters. The number of halogens is 1. The zero-order valence-corrected chi connectivity index (χ0v) is 21.3. The van der Waals surface area contributed by atoms with Crippen LogP contribution in [-0.2, 0) is 11.4 Å². The topological polar surface area (TPSA) is 71.3 Å². The number of nitrogens with one attached hydrogen (secondary N) is 1. The molecule has 0 spiro atoms. The van der Waals surface area contributed by atoms with Crippen LogP contribution in [-0.4, -0.2) is 12.5 Å². The Hall–Kier alpha value is -3.83. The summed E-state index contributed by atoms with van der Waals surface area (Å²) in [4.78, 5) is 12.7. The molecule has 4 aromatic rings. The first kappa shape index (κ1) is 24.3. The third kappa shape index (κ3) is 6.00. The van der Waals surface area contributed by atoms with Crippen molar-refractivity contribution in [3.8, 4) is 17.6 Å². The Morgan fingerprint density at radius 1 is 0.971 bits per heavy atom. The highest BCUT2D eigenvalue weighted by Gasteiger charge is 2.13. The predicted molar refractivity (Wildman–Crippen MR) is 147 cm³/mol. The van der Waals surface area contributed by atoms with Crippen molar-refractivity contribution in [2.75, 3.05) is 11.9 Å². The highest BCUT2D eigenvalue weighted by molar-refractivity contribution is 14.1. The maximum Gasteiger partial charge on any atom is 0.266 e. The largest absolute Gasteiger partial charge is 0.490 e.